The van der Waals surface area contributed by atoms with E-state index in [1.807, 2.05) is 20.8 Å². The third-order valence-corrected chi connectivity index (χ3v) is 7.23. The number of nitrogens with two attached hydrogens (primary N) is 1. The smallest absolute Gasteiger partial charge is 0.239 e. The quantitative estimate of drug-likeness (QED) is 0.356. The first-order chi connectivity index (χ1) is 17.3. The SMILES string of the molecule is CCCCC(C(N)=O)C(O)CC(O)C=Cc1c(-c2ccc(F)cc2)nc(N(C)S(C)(=O)=O)nc1C(C)C. The van der Waals surface area contributed by atoms with Gasteiger partial charge in [0, 0.05) is 24.6 Å². The lowest BCUT2D eigenvalue weighted by molar-refractivity contribution is -0.126. The molecular weight excluding hydrogens is 499 g/mol. The number of rotatable bonds is 13. The van der Waals surface area contributed by atoms with E-state index in [0.29, 0.717) is 28.9 Å². The molecule has 3 atom stereocenters. The van der Waals surface area contributed by atoms with Crippen LogP contribution in [-0.4, -0.2) is 60.0 Å². The minimum absolute atomic E-state index is 0.0427. The summed E-state index contributed by atoms with van der Waals surface area (Å²) >= 11 is 0. The van der Waals surface area contributed by atoms with E-state index in [9.17, 15) is 27.8 Å². The van der Waals surface area contributed by atoms with Gasteiger partial charge in [0.25, 0.3) is 0 Å². The van der Waals surface area contributed by atoms with Crippen molar-refractivity contribution in [1.29, 1.82) is 0 Å². The molecule has 0 bridgehead atoms. The topological polar surface area (TPSA) is 147 Å². The van der Waals surface area contributed by atoms with Crippen molar-refractivity contribution in [2.75, 3.05) is 17.6 Å². The minimum atomic E-state index is -3.65. The molecule has 0 saturated heterocycles. The number of hydrogen-bond donors (Lipinski definition) is 3. The van der Waals surface area contributed by atoms with E-state index >= 15 is 0 Å². The number of aliphatic hydroxyl groups excluding tert-OH is 2. The molecule has 0 aliphatic carbocycles. The average molecular weight is 537 g/mol. The van der Waals surface area contributed by atoms with E-state index in [2.05, 4.69) is 9.97 Å². The number of sulfonamides is 1. The van der Waals surface area contributed by atoms with Gasteiger partial charge in [-0.15, -0.1) is 0 Å². The summed E-state index contributed by atoms with van der Waals surface area (Å²) in [6.45, 7) is 5.72. The number of aromatic nitrogens is 2. The van der Waals surface area contributed by atoms with Crippen LogP contribution in [0.3, 0.4) is 0 Å². The van der Waals surface area contributed by atoms with Crippen molar-refractivity contribution in [2.24, 2.45) is 11.7 Å². The molecule has 0 fully saturated rings. The number of anilines is 1. The van der Waals surface area contributed by atoms with Crippen LogP contribution in [0.4, 0.5) is 10.3 Å². The molecule has 0 aliphatic rings. The lowest BCUT2D eigenvalue weighted by Gasteiger charge is -2.22. The molecule has 0 spiro atoms. The zero-order valence-electron chi connectivity index (χ0n) is 21.9. The molecule has 2 aromatic rings. The van der Waals surface area contributed by atoms with Gasteiger partial charge in [0.1, 0.15) is 5.82 Å². The van der Waals surface area contributed by atoms with E-state index in [1.54, 1.807) is 6.08 Å². The lowest BCUT2D eigenvalue weighted by Crippen LogP contribution is -2.35. The lowest BCUT2D eigenvalue weighted by atomic mass is 9.91. The van der Waals surface area contributed by atoms with Gasteiger partial charge < -0.3 is 15.9 Å². The van der Waals surface area contributed by atoms with Crippen molar-refractivity contribution in [1.82, 2.24) is 9.97 Å². The molecule has 1 amide bonds. The third-order valence-electron chi connectivity index (χ3n) is 6.07. The summed E-state index contributed by atoms with van der Waals surface area (Å²) in [5.41, 5.74) is 7.35. The molecule has 1 aromatic heterocycles. The molecule has 37 heavy (non-hydrogen) atoms. The molecule has 3 unspecified atom stereocenters. The number of nitrogens with zero attached hydrogens (tertiary/aromatic N) is 3. The summed E-state index contributed by atoms with van der Waals surface area (Å²) in [5, 5.41) is 21.2. The van der Waals surface area contributed by atoms with E-state index in [4.69, 9.17) is 5.73 Å². The number of benzene rings is 1. The molecule has 0 aliphatic heterocycles. The first-order valence-electron chi connectivity index (χ1n) is 12.2. The Morgan fingerprint density at radius 1 is 1.19 bits per heavy atom. The molecule has 11 heteroatoms. The van der Waals surface area contributed by atoms with Crippen molar-refractivity contribution in [3.63, 3.8) is 0 Å². The standard InChI is InChI=1S/C26H37FN4O5S/c1-6-7-8-20(25(28)34)22(33)15-19(32)13-14-21-23(16(2)3)29-26(31(4)37(5,35)36)30-24(21)17-9-11-18(27)12-10-17/h9-14,16,19-20,22,32-33H,6-8,15H2,1-5H3,(H2,28,34). The number of hydrogen-bond acceptors (Lipinski definition) is 7. The second kappa shape index (κ2) is 13.1. The van der Waals surface area contributed by atoms with E-state index in [1.165, 1.54) is 37.4 Å². The molecule has 1 heterocycles. The predicted molar refractivity (Wildman–Crippen MR) is 143 cm³/mol. The van der Waals surface area contributed by atoms with Crippen LogP contribution in [0, 0.1) is 11.7 Å². The summed E-state index contributed by atoms with van der Waals surface area (Å²) in [4.78, 5) is 20.7. The maximum Gasteiger partial charge on any atom is 0.239 e. The predicted octanol–water partition coefficient (Wildman–Crippen LogP) is 3.22. The normalized spacial score (nSPS) is 14.6. The monoisotopic (exact) mass is 536 g/mol. The maximum atomic E-state index is 13.6. The van der Waals surface area contributed by atoms with Gasteiger partial charge in [0.2, 0.25) is 21.9 Å². The van der Waals surface area contributed by atoms with Gasteiger partial charge in [-0.3, -0.25) is 4.79 Å². The molecule has 9 nitrogen and oxygen atoms in total. The Morgan fingerprint density at radius 2 is 1.81 bits per heavy atom. The van der Waals surface area contributed by atoms with Crippen LogP contribution in [-0.2, 0) is 14.8 Å². The highest BCUT2D eigenvalue weighted by atomic mass is 32.2. The fourth-order valence-corrected chi connectivity index (χ4v) is 4.22. The highest BCUT2D eigenvalue weighted by Crippen LogP contribution is 2.32. The van der Waals surface area contributed by atoms with Crippen molar-refractivity contribution >= 4 is 28.0 Å². The zero-order valence-corrected chi connectivity index (χ0v) is 22.7. The summed E-state index contributed by atoms with van der Waals surface area (Å²) < 4.78 is 38.9. The average Bonchev–Trinajstić information content (AvgIpc) is 2.81. The van der Waals surface area contributed by atoms with Gasteiger partial charge in [0.15, 0.2) is 0 Å². The summed E-state index contributed by atoms with van der Waals surface area (Å²) in [6, 6.07) is 5.58. The van der Waals surface area contributed by atoms with Crippen molar-refractivity contribution in [3.8, 4) is 11.3 Å². The Labute approximate surface area is 218 Å². The minimum Gasteiger partial charge on any atom is -0.392 e. The van der Waals surface area contributed by atoms with Gasteiger partial charge in [-0.2, -0.15) is 0 Å². The fourth-order valence-electron chi connectivity index (χ4n) is 3.84. The van der Waals surface area contributed by atoms with E-state index in [-0.39, 0.29) is 18.3 Å². The highest BCUT2D eigenvalue weighted by Gasteiger charge is 2.26. The fraction of sp³-hybridized carbons (Fsp3) is 0.500. The molecule has 2 rings (SSSR count). The van der Waals surface area contributed by atoms with Crippen LogP contribution in [0.15, 0.2) is 30.3 Å². The van der Waals surface area contributed by atoms with Crippen molar-refractivity contribution in [2.45, 2.75) is 64.6 Å². The van der Waals surface area contributed by atoms with Gasteiger partial charge in [0.05, 0.1) is 35.8 Å². The van der Waals surface area contributed by atoms with Gasteiger partial charge in [-0.25, -0.2) is 27.1 Å². The number of amides is 1. The first-order valence-corrected chi connectivity index (χ1v) is 14.1. The molecule has 4 N–H and O–H groups in total. The molecule has 1 aromatic carbocycles. The number of carbonyl (C=O) groups is 1. The number of carbonyl (C=O) groups excluding carboxylic acids is 1. The Kier molecular flexibility index (Phi) is 10.7. The van der Waals surface area contributed by atoms with Crippen molar-refractivity contribution < 1.29 is 27.8 Å². The highest BCUT2D eigenvalue weighted by molar-refractivity contribution is 7.92. The molecular formula is C26H37FN4O5S. The number of unbranched alkanes of at least 4 members (excludes halogenated alkanes) is 1. The maximum absolute atomic E-state index is 13.6. The third kappa shape index (κ3) is 8.31. The summed E-state index contributed by atoms with van der Waals surface area (Å²) in [5.74, 6) is -2.03. The number of primary amides is 1. The molecule has 0 radical (unpaired) electrons. The number of halogens is 1. The summed E-state index contributed by atoms with van der Waals surface area (Å²) in [7, 11) is -2.31. The van der Waals surface area contributed by atoms with Gasteiger partial charge in [-0.05, 0) is 36.6 Å². The Hall–Kier alpha value is -2.89. The Bertz CT molecular complexity index is 1200. The van der Waals surface area contributed by atoms with Gasteiger partial charge in [-0.1, -0.05) is 45.8 Å². The van der Waals surface area contributed by atoms with Crippen LogP contribution in [0.2, 0.25) is 0 Å². The van der Waals surface area contributed by atoms with Crippen LogP contribution < -0.4 is 10.0 Å². The van der Waals surface area contributed by atoms with Crippen LogP contribution >= 0.6 is 0 Å². The van der Waals surface area contributed by atoms with E-state index < -0.39 is 39.9 Å². The summed E-state index contributed by atoms with van der Waals surface area (Å²) in [6.07, 6.45) is 3.75. The Morgan fingerprint density at radius 3 is 2.32 bits per heavy atom. The molecule has 0 saturated carbocycles. The zero-order chi connectivity index (χ0) is 27.9. The second-order valence-corrected chi connectivity index (χ2v) is 11.5. The second-order valence-electron chi connectivity index (χ2n) is 9.44. The largest absolute Gasteiger partial charge is 0.392 e. The van der Waals surface area contributed by atoms with Gasteiger partial charge >= 0.3 is 0 Å². The van der Waals surface area contributed by atoms with E-state index in [0.717, 1.165) is 23.4 Å². The first kappa shape index (κ1) is 30.3. The van der Waals surface area contributed by atoms with Crippen LogP contribution in [0.25, 0.3) is 17.3 Å². The number of aliphatic hydroxyl groups is 2. The van der Waals surface area contributed by atoms with Crippen LogP contribution in [0.1, 0.15) is 63.6 Å². The molecule has 204 valence electrons. The Balaban J connectivity index is 2.53. The van der Waals surface area contributed by atoms with Crippen LogP contribution in [0.5, 0.6) is 0 Å². The van der Waals surface area contributed by atoms with Crippen molar-refractivity contribution in [3.05, 3.63) is 47.4 Å².